The highest BCUT2D eigenvalue weighted by Gasteiger charge is 2.19. The van der Waals surface area contributed by atoms with Crippen LogP contribution in [0.3, 0.4) is 0 Å². The number of nitrogens with zero attached hydrogens (tertiary/aromatic N) is 1. The fourth-order valence-electron chi connectivity index (χ4n) is 4.67. The average molecular weight is 451 g/mol. The lowest BCUT2D eigenvalue weighted by molar-refractivity contribution is 0.420. The maximum Gasteiger partial charge on any atom is 0.273 e. The van der Waals surface area contributed by atoms with Crippen LogP contribution in [-0.2, 0) is 6.42 Å². The molecule has 0 bridgehead atoms. The molecule has 5 nitrogen and oxygen atoms in total. The van der Waals surface area contributed by atoms with Gasteiger partial charge in [-0.2, -0.15) is 0 Å². The number of methoxy groups -OCH3 is 1. The summed E-state index contributed by atoms with van der Waals surface area (Å²) < 4.78 is 7.00. The summed E-state index contributed by atoms with van der Waals surface area (Å²) in [5, 5.41) is 5.33. The number of hydrogen-bond donors (Lipinski definition) is 1. The van der Waals surface area contributed by atoms with Crippen LogP contribution in [0.15, 0.2) is 101 Å². The molecule has 34 heavy (non-hydrogen) atoms. The topological polar surface area (TPSA) is 64.1 Å². The second kappa shape index (κ2) is 9.40. The number of benzene rings is 4. The fourth-order valence-corrected chi connectivity index (χ4v) is 4.67. The van der Waals surface area contributed by atoms with Crippen molar-refractivity contribution in [1.82, 2.24) is 9.78 Å². The molecule has 1 N–H and O–H groups in total. The molecule has 0 saturated heterocycles. The molecule has 0 radical (unpaired) electrons. The Morgan fingerprint density at radius 2 is 1.56 bits per heavy atom. The molecule has 0 fully saturated rings. The van der Waals surface area contributed by atoms with Gasteiger partial charge >= 0.3 is 0 Å². The number of H-pyrrole nitrogens is 1. The molecule has 4 aromatic carbocycles. The fraction of sp³-hybridized carbons (Fsp3) is 0.172. The minimum Gasteiger partial charge on any atom is -0.496 e. The van der Waals surface area contributed by atoms with Crippen molar-refractivity contribution in [3.05, 3.63) is 123 Å². The van der Waals surface area contributed by atoms with Crippen molar-refractivity contribution in [1.29, 1.82) is 0 Å². The molecule has 0 aliphatic heterocycles. The molecule has 0 amide bonds. The van der Waals surface area contributed by atoms with E-state index in [2.05, 4.69) is 17.2 Å². The van der Waals surface area contributed by atoms with Crippen molar-refractivity contribution in [2.24, 2.45) is 0 Å². The quantitative estimate of drug-likeness (QED) is 0.335. The van der Waals surface area contributed by atoms with E-state index in [0.29, 0.717) is 16.5 Å². The smallest absolute Gasteiger partial charge is 0.273 e. The Kier molecular flexibility index (Phi) is 6.00. The first-order valence-corrected chi connectivity index (χ1v) is 11.5. The van der Waals surface area contributed by atoms with Crippen LogP contribution in [-0.4, -0.2) is 16.9 Å². The third-order valence-corrected chi connectivity index (χ3v) is 6.40. The summed E-state index contributed by atoms with van der Waals surface area (Å²) >= 11 is 0. The van der Waals surface area contributed by atoms with E-state index in [1.54, 1.807) is 19.2 Å². The third kappa shape index (κ3) is 4.13. The van der Waals surface area contributed by atoms with Crippen LogP contribution in [0.1, 0.15) is 30.0 Å². The summed E-state index contributed by atoms with van der Waals surface area (Å²) in [6.07, 6.45) is 2.50. The van der Waals surface area contributed by atoms with Crippen molar-refractivity contribution in [2.75, 3.05) is 7.11 Å². The lowest BCUT2D eigenvalue weighted by atomic mass is 9.98. The van der Waals surface area contributed by atoms with Crippen molar-refractivity contribution in [3.8, 4) is 5.75 Å². The molecule has 1 unspecified atom stereocenters. The van der Waals surface area contributed by atoms with E-state index in [-0.39, 0.29) is 17.2 Å². The van der Waals surface area contributed by atoms with Gasteiger partial charge < -0.3 is 4.74 Å². The number of aromatic amines is 1. The van der Waals surface area contributed by atoms with Crippen LogP contribution in [0.4, 0.5) is 0 Å². The molecule has 1 heterocycles. The van der Waals surface area contributed by atoms with E-state index in [0.717, 1.165) is 35.6 Å². The minimum atomic E-state index is -0.275. The Balaban J connectivity index is 1.62. The van der Waals surface area contributed by atoms with E-state index in [4.69, 9.17) is 4.74 Å². The second-order valence-electron chi connectivity index (χ2n) is 8.50. The molecule has 0 aliphatic rings. The first-order valence-electron chi connectivity index (χ1n) is 11.5. The highest BCUT2D eigenvalue weighted by Crippen LogP contribution is 2.28. The highest BCUT2D eigenvalue weighted by atomic mass is 16.5. The van der Waals surface area contributed by atoms with Crippen LogP contribution >= 0.6 is 0 Å². The molecular formula is C29H26N2O3. The first-order chi connectivity index (χ1) is 16.7. The molecule has 0 spiro atoms. The Morgan fingerprint density at radius 3 is 2.29 bits per heavy atom. The normalized spacial score (nSPS) is 12.1. The summed E-state index contributed by atoms with van der Waals surface area (Å²) in [5.41, 5.74) is 1.76. The molecular weight excluding hydrogens is 424 g/mol. The zero-order chi connectivity index (χ0) is 23.5. The number of rotatable bonds is 7. The van der Waals surface area contributed by atoms with E-state index in [9.17, 15) is 9.59 Å². The van der Waals surface area contributed by atoms with Gasteiger partial charge in [-0.05, 0) is 54.0 Å². The minimum absolute atomic E-state index is 0.212. The lowest BCUT2D eigenvalue weighted by Gasteiger charge is -2.21. The highest BCUT2D eigenvalue weighted by molar-refractivity contribution is 6.00. The Hall–Kier alpha value is -4.12. The van der Waals surface area contributed by atoms with Gasteiger partial charge in [0.25, 0.3) is 11.1 Å². The van der Waals surface area contributed by atoms with Gasteiger partial charge in [-0.3, -0.25) is 14.7 Å². The molecule has 170 valence electrons. The van der Waals surface area contributed by atoms with Crippen LogP contribution in [0.2, 0.25) is 0 Å². The number of aryl methyl sites for hydroxylation is 1. The Morgan fingerprint density at radius 1 is 0.824 bits per heavy atom. The molecule has 5 heteroatoms. The van der Waals surface area contributed by atoms with Crippen LogP contribution in [0.5, 0.6) is 5.75 Å². The predicted octanol–water partition coefficient (Wildman–Crippen LogP) is 5.46. The van der Waals surface area contributed by atoms with Gasteiger partial charge in [-0.1, -0.05) is 72.8 Å². The summed E-state index contributed by atoms with van der Waals surface area (Å²) in [4.78, 5) is 26.9. The maximum atomic E-state index is 13.7. The maximum absolute atomic E-state index is 13.7. The number of aromatic nitrogens is 2. The zero-order valence-electron chi connectivity index (χ0n) is 19.0. The van der Waals surface area contributed by atoms with E-state index < -0.39 is 0 Å². The van der Waals surface area contributed by atoms with Gasteiger partial charge in [0.1, 0.15) is 5.75 Å². The van der Waals surface area contributed by atoms with Crippen LogP contribution < -0.4 is 15.9 Å². The SMILES string of the molecule is COc1cccc2cc3c(=O)[nH]n(C(CCCc4ccccc4)c4ccccc4)c(=O)c3cc12. The van der Waals surface area contributed by atoms with Crippen LogP contribution in [0.25, 0.3) is 21.5 Å². The standard InChI is InChI=1S/C29H26N2O3/c1-34-27-17-9-15-22-18-24-25(19-23(22)27)29(33)31(30-28(24)32)26(21-13-6-3-7-14-21)16-8-12-20-10-4-2-5-11-20/h2-7,9-11,13-15,17-19,26H,8,12,16H2,1H3,(H,30,32). The van der Waals surface area contributed by atoms with Gasteiger partial charge in [0.15, 0.2) is 0 Å². The monoisotopic (exact) mass is 450 g/mol. The Bertz CT molecular complexity index is 1550. The van der Waals surface area contributed by atoms with Crippen LogP contribution in [0, 0.1) is 0 Å². The molecule has 1 atom stereocenters. The van der Waals surface area contributed by atoms with Gasteiger partial charge in [0.05, 0.1) is 23.9 Å². The van der Waals surface area contributed by atoms with E-state index in [1.807, 2.05) is 66.7 Å². The second-order valence-corrected chi connectivity index (χ2v) is 8.50. The first kappa shape index (κ1) is 21.7. The van der Waals surface area contributed by atoms with E-state index in [1.165, 1.54) is 10.2 Å². The largest absolute Gasteiger partial charge is 0.496 e. The van der Waals surface area contributed by atoms with Crippen molar-refractivity contribution < 1.29 is 4.74 Å². The summed E-state index contributed by atoms with van der Waals surface area (Å²) in [6, 6.07) is 29.1. The predicted molar refractivity (Wildman–Crippen MR) is 137 cm³/mol. The summed E-state index contributed by atoms with van der Waals surface area (Å²) in [5.74, 6) is 0.674. The van der Waals surface area contributed by atoms with Gasteiger partial charge in [-0.25, -0.2) is 4.68 Å². The average Bonchev–Trinajstić information content (AvgIpc) is 2.89. The van der Waals surface area contributed by atoms with Gasteiger partial charge in [0, 0.05) is 5.39 Å². The van der Waals surface area contributed by atoms with Gasteiger partial charge in [0.2, 0.25) is 0 Å². The Labute approximate surface area is 197 Å². The van der Waals surface area contributed by atoms with Crippen molar-refractivity contribution >= 4 is 21.5 Å². The number of fused-ring (bicyclic) bond motifs is 2. The zero-order valence-corrected chi connectivity index (χ0v) is 19.0. The molecule has 0 saturated carbocycles. The number of hydrogen-bond acceptors (Lipinski definition) is 3. The molecule has 1 aromatic heterocycles. The third-order valence-electron chi connectivity index (χ3n) is 6.40. The molecule has 5 aromatic rings. The molecule has 5 rings (SSSR count). The number of nitrogens with one attached hydrogen (secondary N) is 1. The number of ether oxygens (including phenoxy) is 1. The van der Waals surface area contributed by atoms with Gasteiger partial charge in [-0.15, -0.1) is 0 Å². The van der Waals surface area contributed by atoms with Crippen molar-refractivity contribution in [2.45, 2.75) is 25.3 Å². The summed E-state index contributed by atoms with van der Waals surface area (Å²) in [6.45, 7) is 0. The summed E-state index contributed by atoms with van der Waals surface area (Å²) in [7, 11) is 1.60. The van der Waals surface area contributed by atoms with E-state index >= 15 is 0 Å². The lowest BCUT2D eigenvalue weighted by Crippen LogP contribution is -2.33. The molecule has 0 aliphatic carbocycles. The van der Waals surface area contributed by atoms with Crippen molar-refractivity contribution in [3.63, 3.8) is 0 Å².